The lowest BCUT2D eigenvalue weighted by Gasteiger charge is -2.38. The highest BCUT2D eigenvalue weighted by Gasteiger charge is 2.40. The fourth-order valence-corrected chi connectivity index (χ4v) is 4.64. The fourth-order valence-electron chi connectivity index (χ4n) is 4.64. The molecule has 1 amide bonds. The Labute approximate surface area is 182 Å². The lowest BCUT2D eigenvalue weighted by molar-refractivity contribution is -0.134. The number of carbonyl (C=O) groups is 2. The van der Waals surface area contributed by atoms with Crippen molar-refractivity contribution >= 4 is 11.9 Å². The zero-order valence-corrected chi connectivity index (χ0v) is 18.6. The van der Waals surface area contributed by atoms with E-state index in [2.05, 4.69) is 15.6 Å². The van der Waals surface area contributed by atoms with E-state index in [1.165, 1.54) is 6.92 Å². The number of ether oxygens (including phenoxy) is 1. The number of carboxylic acid groups (broad SMARTS) is 1. The number of aliphatic hydroxyl groups is 1. The van der Waals surface area contributed by atoms with Gasteiger partial charge >= 0.3 is 5.97 Å². The molecule has 2 aliphatic carbocycles. The van der Waals surface area contributed by atoms with Crippen LogP contribution in [-0.4, -0.2) is 55.3 Å². The van der Waals surface area contributed by atoms with Crippen LogP contribution in [0.15, 0.2) is 17.8 Å². The molecule has 1 aromatic heterocycles. The Bertz CT molecular complexity index is 811. The van der Waals surface area contributed by atoms with Gasteiger partial charge in [0.2, 0.25) is 5.91 Å². The van der Waals surface area contributed by atoms with E-state index in [-0.39, 0.29) is 24.0 Å². The Morgan fingerprint density at radius 3 is 2.55 bits per heavy atom. The zero-order valence-electron chi connectivity index (χ0n) is 18.6. The topological polar surface area (TPSA) is 127 Å². The van der Waals surface area contributed by atoms with Crippen molar-refractivity contribution in [3.05, 3.63) is 23.5 Å². The Balaban J connectivity index is 1.96. The molecule has 1 saturated carbocycles. The van der Waals surface area contributed by atoms with Crippen molar-refractivity contribution in [1.82, 2.24) is 20.3 Å². The highest BCUT2D eigenvalue weighted by atomic mass is 16.5. The van der Waals surface area contributed by atoms with Crippen LogP contribution in [0, 0.1) is 0 Å². The lowest BCUT2D eigenvalue weighted by Crippen LogP contribution is -2.52. The third kappa shape index (κ3) is 5.33. The summed E-state index contributed by atoms with van der Waals surface area (Å²) in [6.07, 6.45) is 8.70. The molecule has 0 radical (unpaired) electrons. The predicted octanol–water partition coefficient (Wildman–Crippen LogP) is 2.46. The van der Waals surface area contributed by atoms with Crippen LogP contribution in [0.2, 0.25) is 0 Å². The average molecular weight is 435 g/mol. The monoisotopic (exact) mass is 434 g/mol. The molecule has 172 valence electrons. The zero-order chi connectivity index (χ0) is 22.6. The first-order chi connectivity index (χ1) is 14.8. The lowest BCUT2D eigenvalue weighted by atomic mass is 9.83. The number of aliphatic carboxylic acids is 1. The first-order valence-electron chi connectivity index (χ1n) is 11.3. The smallest absolute Gasteiger partial charge is 0.331 e. The molecule has 0 aliphatic heterocycles. The van der Waals surface area contributed by atoms with Gasteiger partial charge in [0.1, 0.15) is 11.3 Å². The number of aromatic nitrogens is 3. The summed E-state index contributed by atoms with van der Waals surface area (Å²) in [5.41, 5.74) is -0.308. The van der Waals surface area contributed by atoms with Gasteiger partial charge in [-0.2, -0.15) is 0 Å². The van der Waals surface area contributed by atoms with Crippen molar-refractivity contribution < 1.29 is 24.5 Å². The summed E-state index contributed by atoms with van der Waals surface area (Å²) in [6.45, 7) is 5.47. The molecule has 1 fully saturated rings. The summed E-state index contributed by atoms with van der Waals surface area (Å²) in [4.78, 5) is 23.8. The van der Waals surface area contributed by atoms with E-state index < -0.39 is 29.8 Å². The minimum Gasteiger partial charge on any atom is -0.478 e. The first-order valence-corrected chi connectivity index (χ1v) is 11.3. The van der Waals surface area contributed by atoms with E-state index in [0.717, 1.165) is 32.1 Å². The van der Waals surface area contributed by atoms with Gasteiger partial charge in [0.05, 0.1) is 30.5 Å². The van der Waals surface area contributed by atoms with E-state index in [1.54, 1.807) is 17.0 Å². The second kappa shape index (κ2) is 9.91. The van der Waals surface area contributed by atoms with Crippen molar-refractivity contribution in [3.8, 4) is 0 Å². The molecule has 1 aromatic rings. The molecule has 3 atom stereocenters. The number of amides is 1. The van der Waals surface area contributed by atoms with Crippen molar-refractivity contribution in [2.24, 2.45) is 0 Å². The first kappa shape index (κ1) is 23.4. The van der Waals surface area contributed by atoms with E-state index in [1.807, 2.05) is 13.8 Å². The van der Waals surface area contributed by atoms with Crippen LogP contribution in [0.4, 0.5) is 0 Å². The van der Waals surface area contributed by atoms with Gasteiger partial charge in [0.15, 0.2) is 0 Å². The maximum absolute atomic E-state index is 12.0. The summed E-state index contributed by atoms with van der Waals surface area (Å²) in [5, 5.41) is 32.1. The van der Waals surface area contributed by atoms with Gasteiger partial charge in [0.25, 0.3) is 0 Å². The number of carboxylic acids is 1. The van der Waals surface area contributed by atoms with Crippen LogP contribution in [0.25, 0.3) is 0 Å². The SMILES string of the molecule is CCC(CC)OC1CC(C(=O)O)=CC(n2cc(C3(O)CCCCC3)nn2)C1NC(C)=O. The molecule has 1 heterocycles. The van der Waals surface area contributed by atoms with E-state index in [9.17, 15) is 19.8 Å². The van der Waals surface area contributed by atoms with Crippen LogP contribution < -0.4 is 5.32 Å². The molecule has 31 heavy (non-hydrogen) atoms. The van der Waals surface area contributed by atoms with Gasteiger partial charge < -0.3 is 20.3 Å². The third-order valence-corrected chi connectivity index (χ3v) is 6.46. The normalized spacial score (nSPS) is 25.8. The Hall–Kier alpha value is -2.26. The molecule has 9 heteroatoms. The molecule has 3 rings (SSSR count). The molecular weight excluding hydrogens is 400 g/mol. The van der Waals surface area contributed by atoms with Crippen LogP contribution in [-0.2, 0) is 19.9 Å². The summed E-state index contributed by atoms with van der Waals surface area (Å²) >= 11 is 0. The minimum atomic E-state index is -1.02. The second-order valence-corrected chi connectivity index (χ2v) is 8.71. The Morgan fingerprint density at radius 1 is 1.29 bits per heavy atom. The van der Waals surface area contributed by atoms with Crippen molar-refractivity contribution in [2.45, 2.75) is 102 Å². The summed E-state index contributed by atoms with van der Waals surface area (Å²) in [7, 11) is 0. The standard InChI is InChI=1S/C22H34N4O5/c1-4-16(5-2)31-18-12-15(21(28)29)11-17(20(18)23-14(3)27)26-13-19(24-25-26)22(30)9-7-6-8-10-22/h11,13,16-18,20,30H,4-10,12H2,1-3H3,(H,23,27)(H,28,29). The van der Waals surface area contributed by atoms with Crippen molar-refractivity contribution in [3.63, 3.8) is 0 Å². The molecule has 3 N–H and O–H groups in total. The number of nitrogens with zero attached hydrogens (tertiary/aromatic N) is 3. The number of hydrogen-bond donors (Lipinski definition) is 3. The van der Waals surface area contributed by atoms with Gasteiger partial charge in [-0.3, -0.25) is 4.79 Å². The molecule has 0 saturated heterocycles. The van der Waals surface area contributed by atoms with Gasteiger partial charge in [-0.25, -0.2) is 9.48 Å². The van der Waals surface area contributed by atoms with Crippen molar-refractivity contribution in [1.29, 1.82) is 0 Å². The van der Waals surface area contributed by atoms with Gasteiger partial charge in [-0.1, -0.05) is 38.3 Å². The summed E-state index contributed by atoms with van der Waals surface area (Å²) in [6, 6.07) is -1.09. The molecule has 0 spiro atoms. The van der Waals surface area contributed by atoms with E-state index >= 15 is 0 Å². The second-order valence-electron chi connectivity index (χ2n) is 8.71. The number of hydrogen-bond acceptors (Lipinski definition) is 6. The average Bonchev–Trinajstić information content (AvgIpc) is 3.24. The van der Waals surface area contributed by atoms with Crippen LogP contribution in [0.3, 0.4) is 0 Å². The van der Waals surface area contributed by atoms with Crippen LogP contribution in [0.1, 0.15) is 83.9 Å². The Morgan fingerprint density at radius 2 is 1.97 bits per heavy atom. The molecule has 2 aliphatic rings. The number of nitrogens with one attached hydrogen (secondary N) is 1. The highest BCUT2D eigenvalue weighted by Crippen LogP contribution is 2.37. The maximum atomic E-state index is 12.0. The van der Waals surface area contributed by atoms with Gasteiger partial charge in [-0.15, -0.1) is 5.10 Å². The summed E-state index contributed by atoms with van der Waals surface area (Å²) in [5.74, 6) is -1.25. The van der Waals surface area contributed by atoms with Crippen molar-refractivity contribution in [2.75, 3.05) is 0 Å². The number of carbonyl (C=O) groups excluding carboxylic acids is 1. The third-order valence-electron chi connectivity index (χ3n) is 6.46. The van der Waals surface area contributed by atoms with Crippen LogP contribution in [0.5, 0.6) is 0 Å². The highest BCUT2D eigenvalue weighted by molar-refractivity contribution is 5.87. The van der Waals surface area contributed by atoms with Crippen LogP contribution >= 0.6 is 0 Å². The van der Waals surface area contributed by atoms with E-state index in [0.29, 0.717) is 18.5 Å². The molecular formula is C22H34N4O5. The molecule has 0 aromatic carbocycles. The maximum Gasteiger partial charge on any atom is 0.331 e. The predicted molar refractivity (Wildman–Crippen MR) is 113 cm³/mol. The minimum absolute atomic E-state index is 0.0377. The number of rotatable bonds is 8. The largest absolute Gasteiger partial charge is 0.478 e. The van der Waals surface area contributed by atoms with Gasteiger partial charge in [0, 0.05) is 18.9 Å². The quantitative estimate of drug-likeness (QED) is 0.574. The fraction of sp³-hybridized carbons (Fsp3) is 0.727. The molecule has 0 bridgehead atoms. The Kier molecular flexibility index (Phi) is 7.48. The van der Waals surface area contributed by atoms with Gasteiger partial charge in [-0.05, 0) is 31.8 Å². The molecule has 3 unspecified atom stereocenters. The molecule has 9 nitrogen and oxygen atoms in total. The summed E-state index contributed by atoms with van der Waals surface area (Å²) < 4.78 is 7.80. The van der Waals surface area contributed by atoms with E-state index in [4.69, 9.17) is 4.74 Å².